The Morgan fingerprint density at radius 1 is 1.32 bits per heavy atom. The van der Waals surface area contributed by atoms with Gasteiger partial charge in [0.2, 0.25) is 10.0 Å². The Labute approximate surface area is 115 Å². The average molecular weight is 280 g/mol. The molecule has 0 aliphatic rings. The minimum absolute atomic E-state index is 0.149. The first-order valence-electron chi connectivity index (χ1n) is 6.45. The summed E-state index contributed by atoms with van der Waals surface area (Å²) in [5.41, 5.74) is 0.350. The number of nitrogens with zero attached hydrogens (tertiary/aromatic N) is 1. The van der Waals surface area contributed by atoms with Crippen molar-refractivity contribution in [3.8, 4) is 6.07 Å². The zero-order valence-corrected chi connectivity index (χ0v) is 12.2. The van der Waals surface area contributed by atoms with Crippen molar-refractivity contribution < 1.29 is 8.42 Å². The predicted molar refractivity (Wildman–Crippen MR) is 75.0 cm³/mol. The van der Waals surface area contributed by atoms with E-state index in [9.17, 15) is 8.42 Å². The average Bonchev–Trinajstić information content (AvgIpc) is 2.38. The molecule has 104 valence electrons. The molecule has 0 fully saturated rings. The minimum atomic E-state index is -3.49. The van der Waals surface area contributed by atoms with Crippen LogP contribution in [0.5, 0.6) is 0 Å². The highest BCUT2D eigenvalue weighted by Gasteiger charge is 2.13. The van der Waals surface area contributed by atoms with E-state index in [0.29, 0.717) is 18.0 Å². The number of benzene rings is 1. The lowest BCUT2D eigenvalue weighted by Gasteiger charge is -2.07. The number of nitrogens with one attached hydrogen (secondary N) is 1. The van der Waals surface area contributed by atoms with Crippen LogP contribution in [0, 0.1) is 17.2 Å². The third-order valence-electron chi connectivity index (χ3n) is 2.77. The molecule has 4 nitrogen and oxygen atoms in total. The summed E-state index contributed by atoms with van der Waals surface area (Å²) in [5, 5.41) is 8.76. The van der Waals surface area contributed by atoms with Crippen molar-refractivity contribution >= 4 is 10.0 Å². The standard InChI is InChI=1S/C14H20N2O2S/c1-12(2)6-3-4-9-16-19(17,18)14-8-5-7-13(10-14)11-15/h5,7-8,10,12,16H,3-4,6,9H2,1-2H3. The number of hydrogen-bond donors (Lipinski definition) is 1. The fourth-order valence-corrected chi connectivity index (χ4v) is 2.82. The topological polar surface area (TPSA) is 70.0 Å². The van der Waals surface area contributed by atoms with E-state index in [1.807, 2.05) is 6.07 Å². The first-order valence-corrected chi connectivity index (χ1v) is 7.94. The Morgan fingerprint density at radius 2 is 2.05 bits per heavy atom. The van der Waals surface area contributed by atoms with Crippen LogP contribution in [0.1, 0.15) is 38.7 Å². The maximum absolute atomic E-state index is 12.0. The van der Waals surface area contributed by atoms with Gasteiger partial charge in [0.05, 0.1) is 16.5 Å². The number of hydrogen-bond acceptors (Lipinski definition) is 3. The van der Waals surface area contributed by atoms with Crippen LogP contribution in [-0.4, -0.2) is 15.0 Å². The van der Waals surface area contributed by atoms with Gasteiger partial charge in [-0.05, 0) is 30.5 Å². The van der Waals surface area contributed by atoms with Gasteiger partial charge in [0, 0.05) is 6.54 Å². The molecular weight excluding hydrogens is 260 g/mol. The molecule has 0 aliphatic heterocycles. The van der Waals surface area contributed by atoms with E-state index in [1.54, 1.807) is 12.1 Å². The third kappa shape index (κ3) is 5.41. The summed E-state index contributed by atoms with van der Waals surface area (Å²) in [5.74, 6) is 0.643. The third-order valence-corrected chi connectivity index (χ3v) is 4.23. The van der Waals surface area contributed by atoms with Gasteiger partial charge < -0.3 is 0 Å². The fraction of sp³-hybridized carbons (Fsp3) is 0.500. The molecule has 0 atom stereocenters. The second-order valence-corrected chi connectivity index (χ2v) is 6.69. The van der Waals surface area contributed by atoms with Crippen LogP contribution >= 0.6 is 0 Å². The summed E-state index contributed by atoms with van der Waals surface area (Å²) in [6.45, 7) is 4.74. The molecule has 0 saturated heterocycles. The van der Waals surface area contributed by atoms with Crippen molar-refractivity contribution in [3.05, 3.63) is 29.8 Å². The zero-order chi connectivity index (χ0) is 14.3. The van der Waals surface area contributed by atoms with E-state index in [1.165, 1.54) is 12.1 Å². The van der Waals surface area contributed by atoms with Crippen LogP contribution in [0.3, 0.4) is 0 Å². The Hall–Kier alpha value is -1.38. The molecule has 1 aromatic rings. The lowest BCUT2D eigenvalue weighted by molar-refractivity contribution is 0.530. The zero-order valence-electron chi connectivity index (χ0n) is 11.4. The van der Waals surface area contributed by atoms with Crippen LogP contribution in [0.2, 0.25) is 0 Å². The maximum Gasteiger partial charge on any atom is 0.240 e. The van der Waals surface area contributed by atoms with Crippen LogP contribution in [-0.2, 0) is 10.0 Å². The van der Waals surface area contributed by atoms with Gasteiger partial charge in [0.25, 0.3) is 0 Å². The molecule has 1 rings (SSSR count). The second-order valence-electron chi connectivity index (χ2n) is 4.93. The van der Waals surface area contributed by atoms with Gasteiger partial charge in [-0.2, -0.15) is 5.26 Å². The SMILES string of the molecule is CC(C)CCCCNS(=O)(=O)c1cccc(C#N)c1. The fourth-order valence-electron chi connectivity index (χ4n) is 1.70. The number of rotatable bonds is 7. The smallest absolute Gasteiger partial charge is 0.211 e. The van der Waals surface area contributed by atoms with Gasteiger partial charge in [-0.15, -0.1) is 0 Å². The molecule has 0 bridgehead atoms. The van der Waals surface area contributed by atoms with Gasteiger partial charge in [0.15, 0.2) is 0 Å². The highest BCUT2D eigenvalue weighted by molar-refractivity contribution is 7.89. The van der Waals surface area contributed by atoms with Crippen LogP contribution < -0.4 is 4.72 Å². The summed E-state index contributed by atoms with van der Waals surface area (Å²) < 4.78 is 26.5. The Balaban J connectivity index is 2.54. The van der Waals surface area contributed by atoms with Gasteiger partial charge in [-0.3, -0.25) is 0 Å². The Kier molecular flexibility index (Phi) is 6.00. The van der Waals surface area contributed by atoms with Gasteiger partial charge >= 0.3 is 0 Å². The van der Waals surface area contributed by atoms with Crippen molar-refractivity contribution in [3.63, 3.8) is 0 Å². The molecule has 0 heterocycles. The van der Waals surface area contributed by atoms with Gasteiger partial charge in [0.1, 0.15) is 0 Å². The van der Waals surface area contributed by atoms with Crippen molar-refractivity contribution in [2.75, 3.05) is 6.54 Å². The quantitative estimate of drug-likeness (QED) is 0.781. The minimum Gasteiger partial charge on any atom is -0.211 e. The highest BCUT2D eigenvalue weighted by atomic mass is 32.2. The molecule has 1 aromatic carbocycles. The van der Waals surface area contributed by atoms with E-state index in [2.05, 4.69) is 18.6 Å². The second kappa shape index (κ2) is 7.27. The van der Waals surface area contributed by atoms with Crippen molar-refractivity contribution in [2.45, 2.75) is 38.0 Å². The largest absolute Gasteiger partial charge is 0.240 e. The summed E-state index contributed by atoms with van der Waals surface area (Å²) >= 11 is 0. The summed E-state index contributed by atoms with van der Waals surface area (Å²) in [4.78, 5) is 0.149. The molecule has 19 heavy (non-hydrogen) atoms. The van der Waals surface area contributed by atoms with Crippen LogP contribution in [0.25, 0.3) is 0 Å². The molecule has 0 aromatic heterocycles. The van der Waals surface area contributed by atoms with E-state index in [4.69, 9.17) is 5.26 Å². The first kappa shape index (κ1) is 15.7. The van der Waals surface area contributed by atoms with Crippen molar-refractivity contribution in [1.82, 2.24) is 4.72 Å². The van der Waals surface area contributed by atoms with E-state index in [0.717, 1.165) is 19.3 Å². The normalized spacial score (nSPS) is 11.5. The molecule has 0 aliphatic carbocycles. The van der Waals surface area contributed by atoms with E-state index >= 15 is 0 Å². The molecule has 0 radical (unpaired) electrons. The van der Waals surface area contributed by atoms with Crippen LogP contribution in [0.4, 0.5) is 0 Å². The lowest BCUT2D eigenvalue weighted by atomic mass is 10.1. The monoisotopic (exact) mass is 280 g/mol. The van der Waals surface area contributed by atoms with Crippen molar-refractivity contribution in [1.29, 1.82) is 5.26 Å². The predicted octanol–water partition coefficient (Wildman–Crippen LogP) is 2.66. The highest BCUT2D eigenvalue weighted by Crippen LogP contribution is 2.11. The molecule has 0 saturated carbocycles. The Morgan fingerprint density at radius 3 is 2.68 bits per heavy atom. The Bertz CT molecular complexity index is 545. The van der Waals surface area contributed by atoms with Crippen LogP contribution in [0.15, 0.2) is 29.2 Å². The summed E-state index contributed by atoms with van der Waals surface area (Å²) in [6.07, 6.45) is 2.94. The van der Waals surface area contributed by atoms with Gasteiger partial charge in [-0.25, -0.2) is 13.1 Å². The lowest BCUT2D eigenvalue weighted by Crippen LogP contribution is -2.24. The van der Waals surface area contributed by atoms with E-state index in [-0.39, 0.29) is 4.90 Å². The van der Waals surface area contributed by atoms with Gasteiger partial charge in [-0.1, -0.05) is 32.8 Å². The molecule has 1 N–H and O–H groups in total. The van der Waals surface area contributed by atoms with E-state index < -0.39 is 10.0 Å². The maximum atomic E-state index is 12.0. The van der Waals surface area contributed by atoms with Crippen molar-refractivity contribution in [2.24, 2.45) is 5.92 Å². The molecule has 5 heteroatoms. The number of sulfonamides is 1. The molecule has 0 spiro atoms. The number of unbranched alkanes of at least 4 members (excludes halogenated alkanes) is 1. The summed E-state index contributed by atoms with van der Waals surface area (Å²) in [7, 11) is -3.49. The number of nitriles is 1. The molecule has 0 unspecified atom stereocenters. The molecular formula is C14H20N2O2S. The summed E-state index contributed by atoms with van der Waals surface area (Å²) in [6, 6.07) is 7.98. The molecule has 0 amide bonds. The first-order chi connectivity index (χ1) is 8.95.